The van der Waals surface area contributed by atoms with Gasteiger partial charge in [-0.1, -0.05) is 162 Å². The molecule has 0 bridgehead atoms. The van der Waals surface area contributed by atoms with Gasteiger partial charge in [0.1, 0.15) is 13.2 Å². The predicted molar refractivity (Wildman–Crippen MR) is 192 cm³/mol. The molecule has 0 heterocycles. The normalized spacial score (nSPS) is 14.7. The number of carbonyl (C=O) groups is 1. The summed E-state index contributed by atoms with van der Waals surface area (Å²) in [6.45, 7) is 4.69. The molecule has 0 aromatic rings. The first kappa shape index (κ1) is 45.5. The molecular formula is C37H77N2O6P. The number of rotatable bonds is 35. The van der Waals surface area contributed by atoms with Gasteiger partial charge in [0.05, 0.1) is 39.9 Å². The van der Waals surface area contributed by atoms with Crippen LogP contribution in [0.2, 0.25) is 0 Å². The number of likely N-dealkylation sites (N-methyl/N-ethyl adjacent to an activating group) is 1. The standard InChI is InChI=1S/C37H77N2O6P/c1-6-8-10-12-14-16-17-18-19-20-21-23-24-26-28-30-36(40)35(34-45-46(42,43)44-33-32-39(3,4)5)38-37(41)31-29-27-25-22-15-13-11-9-7-2/h35-36,40H,6-34H2,1-5H3,(H-,38,41,42,43)/t35-,36+/m0/s1. The average Bonchev–Trinajstić information content (AvgIpc) is 2.99. The second-order valence-corrected chi connectivity index (χ2v) is 16.1. The topological polar surface area (TPSA) is 108 Å². The van der Waals surface area contributed by atoms with Crippen molar-refractivity contribution in [3.63, 3.8) is 0 Å². The Labute approximate surface area is 285 Å². The van der Waals surface area contributed by atoms with E-state index in [1.807, 2.05) is 21.1 Å². The lowest BCUT2D eigenvalue weighted by Gasteiger charge is -2.30. The Kier molecular flexibility index (Phi) is 30.2. The van der Waals surface area contributed by atoms with Crippen molar-refractivity contribution >= 4 is 13.7 Å². The maximum atomic E-state index is 12.7. The molecule has 0 aliphatic heterocycles. The fourth-order valence-corrected chi connectivity index (χ4v) is 6.41. The van der Waals surface area contributed by atoms with Crippen molar-refractivity contribution in [2.45, 2.75) is 193 Å². The van der Waals surface area contributed by atoms with Crippen molar-refractivity contribution in [1.82, 2.24) is 5.32 Å². The summed E-state index contributed by atoms with van der Waals surface area (Å²) in [5.41, 5.74) is 0. The van der Waals surface area contributed by atoms with Crippen LogP contribution >= 0.6 is 7.82 Å². The number of nitrogens with zero attached hydrogens (tertiary/aromatic N) is 1. The molecule has 0 aliphatic carbocycles. The third-order valence-electron chi connectivity index (χ3n) is 8.85. The third-order valence-corrected chi connectivity index (χ3v) is 9.81. The molecule has 0 radical (unpaired) electrons. The number of quaternary nitrogens is 1. The zero-order valence-corrected chi connectivity index (χ0v) is 31.9. The quantitative estimate of drug-likeness (QED) is 0.0394. The van der Waals surface area contributed by atoms with Crippen LogP contribution in [0.1, 0.15) is 181 Å². The summed E-state index contributed by atoms with van der Waals surface area (Å²) in [5.74, 6) is -0.168. The lowest BCUT2D eigenvalue weighted by molar-refractivity contribution is -0.870. The minimum atomic E-state index is -4.55. The SMILES string of the molecule is CCCCCCCCCCCCCCCCC[C@@H](O)[C@H](COP(=O)([O-])OCC[N+](C)(C)C)NC(=O)CCCCCCCCCCC. The van der Waals surface area contributed by atoms with E-state index in [4.69, 9.17) is 9.05 Å². The lowest BCUT2D eigenvalue weighted by atomic mass is 10.0. The van der Waals surface area contributed by atoms with Crippen LogP contribution in [0.25, 0.3) is 0 Å². The maximum absolute atomic E-state index is 12.7. The average molecular weight is 677 g/mol. The van der Waals surface area contributed by atoms with Crippen LogP contribution in [0.5, 0.6) is 0 Å². The molecule has 0 aliphatic rings. The molecule has 9 heteroatoms. The zero-order valence-electron chi connectivity index (χ0n) is 31.0. The smallest absolute Gasteiger partial charge is 0.268 e. The van der Waals surface area contributed by atoms with E-state index in [9.17, 15) is 19.4 Å². The Morgan fingerprint density at radius 2 is 1.07 bits per heavy atom. The first-order valence-electron chi connectivity index (χ1n) is 19.4. The molecule has 0 spiro atoms. The van der Waals surface area contributed by atoms with Crippen LogP contribution in [0.4, 0.5) is 0 Å². The van der Waals surface area contributed by atoms with Crippen LogP contribution in [0.3, 0.4) is 0 Å². The minimum Gasteiger partial charge on any atom is -0.756 e. The van der Waals surface area contributed by atoms with Crippen LogP contribution in [0.15, 0.2) is 0 Å². The monoisotopic (exact) mass is 677 g/mol. The fourth-order valence-electron chi connectivity index (χ4n) is 5.69. The first-order chi connectivity index (χ1) is 22.0. The summed E-state index contributed by atoms with van der Waals surface area (Å²) in [6.07, 6.45) is 29.6. The maximum Gasteiger partial charge on any atom is 0.268 e. The molecule has 1 amide bonds. The van der Waals surface area contributed by atoms with Gasteiger partial charge in [-0.05, 0) is 12.8 Å². The number of hydrogen-bond donors (Lipinski definition) is 2. The van der Waals surface area contributed by atoms with Crippen molar-refractivity contribution in [2.24, 2.45) is 0 Å². The number of hydrogen-bond acceptors (Lipinski definition) is 6. The summed E-state index contributed by atoms with van der Waals surface area (Å²) in [5, 5.41) is 13.8. The van der Waals surface area contributed by atoms with Gasteiger partial charge in [-0.25, -0.2) is 0 Å². The Balaban J connectivity index is 4.41. The highest BCUT2D eigenvalue weighted by atomic mass is 31.2. The highest BCUT2D eigenvalue weighted by Gasteiger charge is 2.24. The lowest BCUT2D eigenvalue weighted by Crippen LogP contribution is -2.46. The number of carbonyl (C=O) groups excluding carboxylic acids is 1. The van der Waals surface area contributed by atoms with Crippen LogP contribution in [0, 0.1) is 0 Å². The summed E-state index contributed by atoms with van der Waals surface area (Å²) >= 11 is 0. The Morgan fingerprint density at radius 1 is 0.674 bits per heavy atom. The number of amides is 1. The van der Waals surface area contributed by atoms with Gasteiger partial charge in [-0.2, -0.15) is 0 Å². The van der Waals surface area contributed by atoms with Gasteiger partial charge in [-0.3, -0.25) is 9.36 Å². The number of aliphatic hydroxyl groups is 1. The number of phosphoric ester groups is 1. The molecule has 276 valence electrons. The summed E-state index contributed by atoms with van der Waals surface area (Å²) in [6, 6.07) is -0.790. The highest BCUT2D eigenvalue weighted by molar-refractivity contribution is 7.45. The molecule has 0 aromatic carbocycles. The molecule has 2 N–H and O–H groups in total. The molecule has 0 fully saturated rings. The molecule has 0 aromatic heterocycles. The van der Waals surface area contributed by atoms with Crippen LogP contribution < -0.4 is 10.2 Å². The van der Waals surface area contributed by atoms with Gasteiger partial charge in [-0.15, -0.1) is 0 Å². The molecular weight excluding hydrogens is 599 g/mol. The van der Waals surface area contributed by atoms with Crippen molar-refractivity contribution in [1.29, 1.82) is 0 Å². The van der Waals surface area contributed by atoms with Crippen molar-refractivity contribution < 1.29 is 32.9 Å². The van der Waals surface area contributed by atoms with E-state index < -0.39 is 20.0 Å². The molecule has 3 atom stereocenters. The Morgan fingerprint density at radius 3 is 1.48 bits per heavy atom. The molecule has 0 rings (SSSR count). The number of phosphoric acid groups is 1. The Bertz CT molecular complexity index is 733. The van der Waals surface area contributed by atoms with Gasteiger partial charge >= 0.3 is 0 Å². The summed E-state index contributed by atoms with van der Waals surface area (Å²) in [7, 11) is 1.31. The van der Waals surface area contributed by atoms with Gasteiger partial charge in [0.15, 0.2) is 0 Å². The number of unbranched alkanes of at least 4 members (excludes halogenated alkanes) is 22. The van der Waals surface area contributed by atoms with E-state index in [1.54, 1.807) is 0 Å². The molecule has 0 saturated carbocycles. The molecule has 46 heavy (non-hydrogen) atoms. The van der Waals surface area contributed by atoms with Crippen molar-refractivity contribution in [3.05, 3.63) is 0 Å². The third kappa shape index (κ3) is 32.1. The van der Waals surface area contributed by atoms with Crippen LogP contribution in [-0.2, 0) is 18.4 Å². The summed E-state index contributed by atoms with van der Waals surface area (Å²) < 4.78 is 23.1. The fraction of sp³-hybridized carbons (Fsp3) is 0.973. The van der Waals surface area contributed by atoms with Gasteiger partial charge in [0.2, 0.25) is 5.91 Å². The van der Waals surface area contributed by atoms with E-state index >= 15 is 0 Å². The minimum absolute atomic E-state index is 0.0155. The van der Waals surface area contributed by atoms with Gasteiger partial charge in [0, 0.05) is 6.42 Å². The molecule has 1 unspecified atom stereocenters. The van der Waals surface area contributed by atoms with E-state index in [-0.39, 0.29) is 19.1 Å². The first-order valence-corrected chi connectivity index (χ1v) is 20.8. The predicted octanol–water partition coefficient (Wildman–Crippen LogP) is 9.22. The molecule has 8 nitrogen and oxygen atoms in total. The largest absolute Gasteiger partial charge is 0.756 e. The number of nitrogens with one attached hydrogen (secondary N) is 1. The van der Waals surface area contributed by atoms with E-state index in [0.29, 0.717) is 23.9 Å². The zero-order chi connectivity index (χ0) is 34.4. The van der Waals surface area contributed by atoms with E-state index in [0.717, 1.165) is 38.5 Å². The molecule has 0 saturated heterocycles. The van der Waals surface area contributed by atoms with Gasteiger partial charge < -0.3 is 28.8 Å². The van der Waals surface area contributed by atoms with Crippen LogP contribution in [-0.4, -0.2) is 68.5 Å². The van der Waals surface area contributed by atoms with Gasteiger partial charge in [0.25, 0.3) is 7.82 Å². The number of aliphatic hydroxyl groups excluding tert-OH is 1. The van der Waals surface area contributed by atoms with Crippen molar-refractivity contribution in [2.75, 3.05) is 40.9 Å². The second kappa shape index (κ2) is 30.6. The van der Waals surface area contributed by atoms with E-state index in [2.05, 4.69) is 19.2 Å². The van der Waals surface area contributed by atoms with E-state index in [1.165, 1.54) is 116 Å². The van der Waals surface area contributed by atoms with Crippen molar-refractivity contribution in [3.8, 4) is 0 Å². The highest BCUT2D eigenvalue weighted by Crippen LogP contribution is 2.38. The second-order valence-electron chi connectivity index (χ2n) is 14.6. The summed E-state index contributed by atoms with van der Waals surface area (Å²) in [4.78, 5) is 25.1. The Hall–Kier alpha value is -0.500.